The van der Waals surface area contributed by atoms with Crippen LogP contribution in [0.15, 0.2) is 54.9 Å². The molecule has 0 bridgehead atoms. The molecule has 2 aromatic rings. The van der Waals surface area contributed by atoms with Crippen molar-refractivity contribution in [3.8, 4) is 0 Å². The first-order valence-electron chi connectivity index (χ1n) is 7.81. The fraction of sp³-hybridized carbons (Fsp3) is 0.333. The van der Waals surface area contributed by atoms with Gasteiger partial charge in [0, 0.05) is 25.0 Å². The fourth-order valence-corrected chi connectivity index (χ4v) is 2.35. The summed E-state index contributed by atoms with van der Waals surface area (Å²) in [4.78, 5) is 15.9. The average molecular weight is 313 g/mol. The van der Waals surface area contributed by atoms with E-state index in [1.54, 1.807) is 12.4 Å². The molecule has 2 atom stereocenters. The maximum Gasteiger partial charge on any atom is 0.315 e. The van der Waals surface area contributed by atoms with Crippen molar-refractivity contribution < 1.29 is 9.90 Å². The van der Waals surface area contributed by atoms with Gasteiger partial charge in [-0.2, -0.15) is 0 Å². The lowest BCUT2D eigenvalue weighted by Gasteiger charge is -2.18. The molecule has 0 fully saturated rings. The fourth-order valence-electron chi connectivity index (χ4n) is 2.35. The Hall–Kier alpha value is -2.40. The van der Waals surface area contributed by atoms with Crippen molar-refractivity contribution in [3.63, 3.8) is 0 Å². The quantitative estimate of drug-likeness (QED) is 0.735. The van der Waals surface area contributed by atoms with Gasteiger partial charge in [-0.1, -0.05) is 36.4 Å². The summed E-state index contributed by atoms with van der Waals surface area (Å²) in [7, 11) is 0. The van der Waals surface area contributed by atoms with Crippen LogP contribution in [-0.4, -0.2) is 28.7 Å². The van der Waals surface area contributed by atoms with E-state index in [1.165, 1.54) is 0 Å². The molecule has 2 rings (SSSR count). The van der Waals surface area contributed by atoms with E-state index < -0.39 is 6.10 Å². The van der Waals surface area contributed by atoms with Crippen molar-refractivity contribution in [2.24, 2.45) is 0 Å². The van der Waals surface area contributed by atoms with Crippen molar-refractivity contribution in [3.05, 3.63) is 66.0 Å². The topological polar surface area (TPSA) is 74.2 Å². The first-order chi connectivity index (χ1) is 11.1. The Balaban J connectivity index is 1.68. The minimum atomic E-state index is -0.582. The molecule has 0 aliphatic heterocycles. The summed E-state index contributed by atoms with van der Waals surface area (Å²) in [5.41, 5.74) is 1.94. The molecule has 0 radical (unpaired) electrons. The van der Waals surface area contributed by atoms with E-state index in [4.69, 9.17) is 0 Å². The lowest BCUT2D eigenvalue weighted by atomic mass is 10.0. The molecule has 0 spiro atoms. The number of pyridine rings is 1. The number of carbonyl (C=O) groups is 1. The molecule has 1 aromatic heterocycles. The highest BCUT2D eigenvalue weighted by molar-refractivity contribution is 5.74. The van der Waals surface area contributed by atoms with Crippen LogP contribution in [0.5, 0.6) is 0 Å². The van der Waals surface area contributed by atoms with Crippen LogP contribution in [-0.2, 0) is 6.42 Å². The van der Waals surface area contributed by atoms with Gasteiger partial charge in [-0.3, -0.25) is 4.98 Å². The van der Waals surface area contributed by atoms with Gasteiger partial charge in [0.2, 0.25) is 0 Å². The molecular weight excluding hydrogens is 290 g/mol. The van der Waals surface area contributed by atoms with Crippen LogP contribution < -0.4 is 10.6 Å². The number of nitrogens with one attached hydrogen (secondary N) is 2. The van der Waals surface area contributed by atoms with E-state index in [0.717, 1.165) is 17.5 Å². The van der Waals surface area contributed by atoms with Gasteiger partial charge in [0.05, 0.1) is 6.10 Å². The Morgan fingerprint density at radius 2 is 2.00 bits per heavy atom. The van der Waals surface area contributed by atoms with Crippen molar-refractivity contribution in [1.82, 2.24) is 15.6 Å². The third kappa shape index (κ3) is 6.08. The summed E-state index contributed by atoms with van der Waals surface area (Å²) in [6, 6.07) is 13.0. The number of rotatable bonds is 7. The Labute approximate surface area is 136 Å². The maximum atomic E-state index is 11.8. The van der Waals surface area contributed by atoms with Crippen LogP contribution in [0.3, 0.4) is 0 Å². The largest absolute Gasteiger partial charge is 0.388 e. The highest BCUT2D eigenvalue weighted by atomic mass is 16.3. The molecule has 0 aliphatic carbocycles. The van der Waals surface area contributed by atoms with Gasteiger partial charge in [0.1, 0.15) is 0 Å². The predicted octanol–water partition coefficient (Wildman–Crippen LogP) is 2.44. The molecule has 2 unspecified atom stereocenters. The number of aromatic nitrogens is 1. The Morgan fingerprint density at radius 1 is 1.22 bits per heavy atom. The van der Waals surface area contributed by atoms with Crippen molar-refractivity contribution in [2.75, 3.05) is 6.54 Å². The Kier molecular flexibility index (Phi) is 6.56. The van der Waals surface area contributed by atoms with E-state index in [0.29, 0.717) is 13.0 Å². The lowest BCUT2D eigenvalue weighted by Crippen LogP contribution is -2.42. The number of aliphatic hydroxyl groups is 1. The summed E-state index contributed by atoms with van der Waals surface area (Å²) in [6.45, 7) is 2.43. The smallest absolute Gasteiger partial charge is 0.315 e. The molecule has 5 heteroatoms. The van der Waals surface area contributed by atoms with E-state index in [2.05, 4.69) is 15.6 Å². The zero-order chi connectivity index (χ0) is 16.5. The number of aliphatic hydroxyl groups excluding tert-OH is 1. The first-order valence-corrected chi connectivity index (χ1v) is 7.81. The van der Waals surface area contributed by atoms with Crippen LogP contribution in [0.4, 0.5) is 4.79 Å². The highest BCUT2D eigenvalue weighted by Crippen LogP contribution is 2.17. The van der Waals surface area contributed by atoms with Crippen LogP contribution >= 0.6 is 0 Å². The predicted molar refractivity (Wildman–Crippen MR) is 90.0 cm³/mol. The zero-order valence-corrected chi connectivity index (χ0v) is 13.3. The van der Waals surface area contributed by atoms with Crippen LogP contribution in [0.25, 0.3) is 0 Å². The molecule has 0 aliphatic rings. The number of amides is 2. The van der Waals surface area contributed by atoms with Crippen LogP contribution in [0, 0.1) is 0 Å². The molecular formula is C18H23N3O2. The summed E-state index contributed by atoms with van der Waals surface area (Å²) in [5, 5.41) is 15.8. The molecule has 0 saturated carbocycles. The third-order valence-corrected chi connectivity index (χ3v) is 3.56. The van der Waals surface area contributed by atoms with E-state index in [9.17, 15) is 9.90 Å². The molecule has 2 amide bonds. The van der Waals surface area contributed by atoms with Crippen LogP contribution in [0.1, 0.15) is 30.6 Å². The molecule has 5 nitrogen and oxygen atoms in total. The normalized spacial score (nSPS) is 13.1. The molecule has 0 saturated heterocycles. The lowest BCUT2D eigenvalue weighted by molar-refractivity contribution is 0.154. The molecule has 1 aromatic carbocycles. The van der Waals surface area contributed by atoms with Gasteiger partial charge < -0.3 is 15.7 Å². The standard InChI is InChI=1S/C18H23N3O2/c1-14(12-17(22)16-7-3-2-4-8-16)21-18(23)20-11-9-15-6-5-10-19-13-15/h2-8,10,13-14,17,22H,9,11-12H2,1H3,(H2,20,21,23). The molecule has 23 heavy (non-hydrogen) atoms. The second kappa shape index (κ2) is 8.90. The number of benzene rings is 1. The Bertz CT molecular complexity index is 590. The van der Waals surface area contributed by atoms with E-state index in [1.807, 2.05) is 49.4 Å². The highest BCUT2D eigenvalue weighted by Gasteiger charge is 2.13. The number of hydrogen-bond donors (Lipinski definition) is 3. The minimum absolute atomic E-state index is 0.122. The minimum Gasteiger partial charge on any atom is -0.388 e. The summed E-state index contributed by atoms with van der Waals surface area (Å²) in [6.07, 6.45) is 4.14. The first kappa shape index (κ1) is 17.0. The maximum absolute atomic E-state index is 11.8. The van der Waals surface area contributed by atoms with Gasteiger partial charge in [-0.05, 0) is 37.0 Å². The Morgan fingerprint density at radius 3 is 2.70 bits per heavy atom. The summed E-state index contributed by atoms with van der Waals surface area (Å²) in [5.74, 6) is 0. The monoisotopic (exact) mass is 313 g/mol. The van der Waals surface area contributed by atoms with Crippen molar-refractivity contribution in [2.45, 2.75) is 31.9 Å². The van der Waals surface area contributed by atoms with E-state index in [-0.39, 0.29) is 12.1 Å². The molecule has 3 N–H and O–H groups in total. The molecule has 122 valence electrons. The average Bonchev–Trinajstić information content (AvgIpc) is 2.56. The van der Waals surface area contributed by atoms with Crippen LogP contribution in [0.2, 0.25) is 0 Å². The summed E-state index contributed by atoms with van der Waals surface area (Å²) < 4.78 is 0. The number of nitrogens with zero attached hydrogens (tertiary/aromatic N) is 1. The van der Waals surface area contributed by atoms with Crippen molar-refractivity contribution in [1.29, 1.82) is 0 Å². The van der Waals surface area contributed by atoms with E-state index >= 15 is 0 Å². The number of hydrogen-bond acceptors (Lipinski definition) is 3. The third-order valence-electron chi connectivity index (χ3n) is 3.56. The second-order valence-electron chi connectivity index (χ2n) is 5.57. The zero-order valence-electron chi connectivity index (χ0n) is 13.3. The summed E-state index contributed by atoms with van der Waals surface area (Å²) >= 11 is 0. The van der Waals surface area contributed by atoms with Gasteiger partial charge >= 0.3 is 6.03 Å². The second-order valence-corrected chi connectivity index (χ2v) is 5.57. The van der Waals surface area contributed by atoms with Gasteiger partial charge in [0.15, 0.2) is 0 Å². The SMILES string of the molecule is CC(CC(O)c1ccccc1)NC(=O)NCCc1cccnc1. The van der Waals surface area contributed by atoms with Gasteiger partial charge in [0.25, 0.3) is 0 Å². The number of carbonyl (C=O) groups excluding carboxylic acids is 1. The molecule has 1 heterocycles. The van der Waals surface area contributed by atoms with Gasteiger partial charge in [-0.15, -0.1) is 0 Å². The van der Waals surface area contributed by atoms with Gasteiger partial charge in [-0.25, -0.2) is 4.79 Å². The van der Waals surface area contributed by atoms with Crippen molar-refractivity contribution >= 4 is 6.03 Å². The number of urea groups is 1.